The van der Waals surface area contributed by atoms with Crippen LogP contribution in [0.1, 0.15) is 32.1 Å². The molecule has 4 rings (SSSR count). The molecule has 1 aromatic heterocycles. The molecule has 1 aliphatic heterocycles. The third kappa shape index (κ3) is 5.89. The van der Waals surface area contributed by atoms with Crippen LogP contribution in [0.15, 0.2) is 30.3 Å². The summed E-state index contributed by atoms with van der Waals surface area (Å²) in [6, 6.07) is 10.4. The van der Waals surface area contributed by atoms with Gasteiger partial charge in [0.05, 0.1) is 15.7 Å². The first-order valence-electron chi connectivity index (χ1n) is 11.4. The maximum atomic E-state index is 6.14. The molecule has 5 nitrogen and oxygen atoms in total. The Hall–Kier alpha value is -1.40. The van der Waals surface area contributed by atoms with E-state index >= 15 is 0 Å². The second kappa shape index (κ2) is 10.5. The lowest BCUT2D eigenvalue weighted by Gasteiger charge is -2.42. The molecule has 0 unspecified atom stereocenters. The van der Waals surface area contributed by atoms with Gasteiger partial charge in [0.2, 0.25) is 0 Å². The van der Waals surface area contributed by atoms with E-state index in [2.05, 4.69) is 45.1 Å². The van der Waals surface area contributed by atoms with E-state index in [1.54, 1.807) is 6.07 Å². The highest BCUT2D eigenvalue weighted by Crippen LogP contribution is 2.31. The van der Waals surface area contributed by atoms with Crippen LogP contribution in [0.3, 0.4) is 0 Å². The van der Waals surface area contributed by atoms with Gasteiger partial charge in [-0.15, -0.1) is 10.2 Å². The van der Waals surface area contributed by atoms with Crippen LogP contribution >= 0.6 is 23.2 Å². The van der Waals surface area contributed by atoms with E-state index in [-0.39, 0.29) is 0 Å². The summed E-state index contributed by atoms with van der Waals surface area (Å²) in [5.41, 5.74) is 1.74. The van der Waals surface area contributed by atoms with E-state index in [1.165, 1.54) is 38.6 Å². The summed E-state index contributed by atoms with van der Waals surface area (Å²) < 4.78 is 0. The molecule has 2 aromatic rings. The molecule has 0 radical (unpaired) electrons. The zero-order chi connectivity index (χ0) is 21.8. The molecule has 0 amide bonds. The van der Waals surface area contributed by atoms with Crippen molar-refractivity contribution in [2.45, 2.75) is 38.1 Å². The lowest BCUT2D eigenvalue weighted by Crippen LogP contribution is -2.51. The number of aromatic nitrogens is 2. The van der Waals surface area contributed by atoms with E-state index < -0.39 is 0 Å². The Bertz CT molecular complexity index is 842. The molecular weight excluding hydrogens is 429 g/mol. The fourth-order valence-electron chi connectivity index (χ4n) is 4.86. The van der Waals surface area contributed by atoms with Crippen molar-refractivity contribution < 1.29 is 0 Å². The van der Waals surface area contributed by atoms with Crippen molar-refractivity contribution >= 4 is 29.0 Å². The number of piperazine rings is 1. The van der Waals surface area contributed by atoms with Gasteiger partial charge in [0.25, 0.3) is 0 Å². The number of rotatable bonds is 6. The molecule has 1 aliphatic carbocycles. The van der Waals surface area contributed by atoms with Crippen molar-refractivity contribution in [2.24, 2.45) is 5.92 Å². The molecule has 7 heteroatoms. The Labute approximate surface area is 196 Å². The van der Waals surface area contributed by atoms with Gasteiger partial charge in [-0.3, -0.25) is 4.90 Å². The summed E-state index contributed by atoms with van der Waals surface area (Å²) in [6.07, 6.45) is 6.84. The molecule has 0 bridgehead atoms. The Morgan fingerprint density at radius 1 is 0.903 bits per heavy atom. The highest BCUT2D eigenvalue weighted by molar-refractivity contribution is 6.42. The second-order valence-electron chi connectivity index (χ2n) is 9.20. The van der Waals surface area contributed by atoms with Crippen molar-refractivity contribution in [3.63, 3.8) is 0 Å². The fraction of sp³-hybridized carbons (Fsp3) is 0.583. The Balaban J connectivity index is 1.27. The molecule has 2 heterocycles. The van der Waals surface area contributed by atoms with Crippen molar-refractivity contribution in [2.75, 3.05) is 51.7 Å². The predicted octanol–water partition coefficient (Wildman–Crippen LogP) is 5.08. The smallest absolute Gasteiger partial charge is 0.151 e. The molecule has 0 atom stereocenters. The Kier molecular flexibility index (Phi) is 7.70. The van der Waals surface area contributed by atoms with Gasteiger partial charge in [-0.1, -0.05) is 29.3 Å². The molecule has 1 saturated carbocycles. The number of benzene rings is 1. The molecule has 1 aromatic carbocycles. The highest BCUT2D eigenvalue weighted by Gasteiger charge is 2.28. The Morgan fingerprint density at radius 3 is 2.26 bits per heavy atom. The first kappa shape index (κ1) is 22.8. The number of halogens is 2. The van der Waals surface area contributed by atoms with Crippen LogP contribution in [-0.4, -0.2) is 72.9 Å². The second-order valence-corrected chi connectivity index (χ2v) is 10.0. The lowest BCUT2D eigenvalue weighted by molar-refractivity contribution is 0.124. The van der Waals surface area contributed by atoms with Crippen LogP contribution in [0.25, 0.3) is 11.3 Å². The minimum Gasteiger partial charge on any atom is -0.353 e. The SMILES string of the molecule is CN(C)CCC1CCC(N2CCN(c3ccc(-c4ccc(Cl)c(Cl)c4)nn3)CC2)CC1. The third-order valence-electron chi connectivity index (χ3n) is 6.82. The van der Waals surface area contributed by atoms with Gasteiger partial charge < -0.3 is 9.80 Å². The van der Waals surface area contributed by atoms with E-state index in [9.17, 15) is 0 Å². The van der Waals surface area contributed by atoms with Crippen molar-refractivity contribution in [3.8, 4) is 11.3 Å². The molecule has 168 valence electrons. The largest absolute Gasteiger partial charge is 0.353 e. The van der Waals surface area contributed by atoms with Gasteiger partial charge in [-0.05, 0) is 82.9 Å². The van der Waals surface area contributed by atoms with Crippen LogP contribution in [0.5, 0.6) is 0 Å². The van der Waals surface area contributed by atoms with Gasteiger partial charge in [-0.2, -0.15) is 0 Å². The normalized spacial score (nSPS) is 22.8. The quantitative estimate of drug-likeness (QED) is 0.598. The van der Waals surface area contributed by atoms with Crippen LogP contribution in [0.2, 0.25) is 10.0 Å². The van der Waals surface area contributed by atoms with Crippen molar-refractivity contribution in [3.05, 3.63) is 40.4 Å². The molecule has 31 heavy (non-hydrogen) atoms. The number of nitrogens with zero attached hydrogens (tertiary/aromatic N) is 5. The van der Waals surface area contributed by atoms with Crippen LogP contribution in [0, 0.1) is 5.92 Å². The first-order valence-corrected chi connectivity index (χ1v) is 12.2. The standard InChI is InChI=1S/C24H33Cl2N5/c1-29(2)12-11-18-3-6-20(7-4-18)30-13-15-31(16-14-30)24-10-9-23(27-28-24)19-5-8-21(25)22(26)17-19/h5,8-10,17-18,20H,3-4,6-7,11-16H2,1-2H3. The van der Waals surface area contributed by atoms with Gasteiger partial charge in [0.15, 0.2) is 5.82 Å². The Morgan fingerprint density at radius 2 is 1.65 bits per heavy atom. The maximum Gasteiger partial charge on any atom is 0.151 e. The summed E-state index contributed by atoms with van der Waals surface area (Å²) >= 11 is 12.2. The van der Waals surface area contributed by atoms with Crippen LogP contribution in [0.4, 0.5) is 5.82 Å². The van der Waals surface area contributed by atoms with E-state index in [1.807, 2.05) is 18.2 Å². The summed E-state index contributed by atoms with van der Waals surface area (Å²) in [7, 11) is 4.35. The number of anilines is 1. The average molecular weight is 462 g/mol. The van der Waals surface area contributed by atoms with E-state index in [4.69, 9.17) is 23.2 Å². The van der Waals surface area contributed by atoms with Gasteiger partial charge in [0.1, 0.15) is 0 Å². The minimum atomic E-state index is 0.535. The first-order chi connectivity index (χ1) is 15.0. The maximum absolute atomic E-state index is 6.14. The summed E-state index contributed by atoms with van der Waals surface area (Å²) in [4.78, 5) is 7.37. The zero-order valence-corrected chi connectivity index (χ0v) is 20.1. The molecule has 2 fully saturated rings. The van der Waals surface area contributed by atoms with E-state index in [0.29, 0.717) is 10.0 Å². The van der Waals surface area contributed by atoms with Gasteiger partial charge in [-0.25, -0.2) is 0 Å². The molecular formula is C24H33Cl2N5. The van der Waals surface area contributed by atoms with Crippen molar-refractivity contribution in [1.82, 2.24) is 20.0 Å². The van der Waals surface area contributed by atoms with Crippen molar-refractivity contribution in [1.29, 1.82) is 0 Å². The topological polar surface area (TPSA) is 35.5 Å². The van der Waals surface area contributed by atoms with Gasteiger partial charge in [0, 0.05) is 37.8 Å². The van der Waals surface area contributed by atoms with Gasteiger partial charge >= 0.3 is 0 Å². The summed E-state index contributed by atoms with van der Waals surface area (Å²) in [5, 5.41) is 10.0. The molecule has 0 N–H and O–H groups in total. The zero-order valence-electron chi connectivity index (χ0n) is 18.6. The average Bonchev–Trinajstić information content (AvgIpc) is 2.80. The predicted molar refractivity (Wildman–Crippen MR) is 130 cm³/mol. The molecule has 2 aliphatic rings. The highest BCUT2D eigenvalue weighted by atomic mass is 35.5. The monoisotopic (exact) mass is 461 g/mol. The summed E-state index contributed by atoms with van der Waals surface area (Å²) in [5.74, 6) is 1.88. The van der Waals surface area contributed by atoms with E-state index in [0.717, 1.165) is 55.2 Å². The fourth-order valence-corrected chi connectivity index (χ4v) is 5.16. The molecule has 0 spiro atoms. The van der Waals surface area contributed by atoms with Crippen LogP contribution in [-0.2, 0) is 0 Å². The lowest BCUT2D eigenvalue weighted by atomic mass is 9.83. The number of hydrogen-bond acceptors (Lipinski definition) is 5. The van der Waals surface area contributed by atoms with Crippen LogP contribution < -0.4 is 4.90 Å². The minimum absolute atomic E-state index is 0.535. The number of hydrogen-bond donors (Lipinski definition) is 0. The third-order valence-corrected chi connectivity index (χ3v) is 7.56. The molecule has 1 saturated heterocycles. The summed E-state index contributed by atoms with van der Waals surface area (Å²) in [6.45, 7) is 5.48.